The Kier molecular flexibility index (Phi) is 3.44. The van der Waals surface area contributed by atoms with Gasteiger partial charge in [-0.05, 0) is 24.3 Å². The van der Waals surface area contributed by atoms with Crippen molar-refractivity contribution in [1.29, 1.82) is 0 Å². The van der Waals surface area contributed by atoms with Crippen LogP contribution < -0.4 is 5.56 Å². The number of aromatic nitrogens is 2. The highest BCUT2D eigenvalue weighted by molar-refractivity contribution is 5.18. The average Bonchev–Trinajstić information content (AvgIpc) is 2.17. The first-order chi connectivity index (χ1) is 6.56. The van der Waals surface area contributed by atoms with Crippen molar-refractivity contribution >= 4 is 0 Å². The molecule has 0 saturated carbocycles. The second-order valence-corrected chi connectivity index (χ2v) is 4.04. The molecule has 0 saturated heterocycles. The molecule has 1 atom stereocenters. The summed E-state index contributed by atoms with van der Waals surface area (Å²) in [6, 6.07) is 1.93. The van der Waals surface area contributed by atoms with Crippen LogP contribution in [-0.2, 0) is 0 Å². The van der Waals surface area contributed by atoms with Crippen LogP contribution in [-0.4, -0.2) is 10.2 Å². The lowest BCUT2D eigenvalue weighted by Crippen LogP contribution is -2.17. The number of nitrogens with one attached hydrogen (secondary N) is 1. The molecule has 0 bridgehead atoms. The maximum Gasteiger partial charge on any atom is 0.267 e. The Balaban J connectivity index is 3.13. The molecule has 0 fully saturated rings. The summed E-state index contributed by atoms with van der Waals surface area (Å²) in [5.41, 5.74) is 1.75. The Hall–Kier alpha value is -1.12. The van der Waals surface area contributed by atoms with Crippen LogP contribution in [0.1, 0.15) is 57.2 Å². The van der Waals surface area contributed by atoms with Crippen molar-refractivity contribution in [2.24, 2.45) is 0 Å². The van der Waals surface area contributed by atoms with Crippen molar-refractivity contribution in [2.45, 2.75) is 46.0 Å². The summed E-state index contributed by atoms with van der Waals surface area (Å²) in [7, 11) is 0. The first-order valence-corrected chi connectivity index (χ1v) is 5.15. The SMILES string of the molecule is CCC(C)c1cc(C(C)C)c(=O)[nH]n1. The lowest BCUT2D eigenvalue weighted by molar-refractivity contribution is 0.676. The monoisotopic (exact) mass is 194 g/mol. The van der Waals surface area contributed by atoms with Crippen LogP contribution >= 0.6 is 0 Å². The van der Waals surface area contributed by atoms with E-state index in [2.05, 4.69) is 24.0 Å². The Morgan fingerprint density at radius 1 is 1.43 bits per heavy atom. The van der Waals surface area contributed by atoms with Crippen molar-refractivity contribution in [2.75, 3.05) is 0 Å². The van der Waals surface area contributed by atoms with E-state index in [0.717, 1.165) is 17.7 Å². The highest BCUT2D eigenvalue weighted by Crippen LogP contribution is 2.17. The van der Waals surface area contributed by atoms with E-state index in [-0.39, 0.29) is 11.5 Å². The molecule has 0 aliphatic heterocycles. The number of hydrogen-bond acceptors (Lipinski definition) is 2. The molecule has 0 aliphatic rings. The van der Waals surface area contributed by atoms with Crippen LogP contribution in [0.25, 0.3) is 0 Å². The van der Waals surface area contributed by atoms with Gasteiger partial charge in [0.15, 0.2) is 0 Å². The van der Waals surface area contributed by atoms with Crippen molar-refractivity contribution < 1.29 is 0 Å². The van der Waals surface area contributed by atoms with Crippen molar-refractivity contribution in [3.05, 3.63) is 27.7 Å². The van der Waals surface area contributed by atoms with Gasteiger partial charge in [-0.25, -0.2) is 5.10 Å². The maximum absolute atomic E-state index is 11.4. The standard InChI is InChI=1S/C11H18N2O/c1-5-8(4)10-6-9(7(2)3)11(14)13-12-10/h6-8H,5H2,1-4H3,(H,13,14). The predicted molar refractivity (Wildman–Crippen MR) is 57.7 cm³/mol. The highest BCUT2D eigenvalue weighted by atomic mass is 16.1. The number of nitrogens with zero attached hydrogens (tertiary/aromatic N) is 1. The van der Waals surface area contributed by atoms with E-state index in [1.165, 1.54) is 0 Å². The number of rotatable bonds is 3. The largest absolute Gasteiger partial charge is 0.268 e. The fourth-order valence-electron chi connectivity index (χ4n) is 1.33. The molecule has 14 heavy (non-hydrogen) atoms. The molecule has 0 amide bonds. The Morgan fingerprint density at radius 3 is 2.57 bits per heavy atom. The van der Waals surface area contributed by atoms with Crippen molar-refractivity contribution in [3.8, 4) is 0 Å². The van der Waals surface area contributed by atoms with Gasteiger partial charge in [-0.3, -0.25) is 4.79 Å². The van der Waals surface area contributed by atoms with Gasteiger partial charge in [-0.2, -0.15) is 5.10 Å². The van der Waals surface area contributed by atoms with E-state index in [1.807, 2.05) is 19.9 Å². The smallest absolute Gasteiger partial charge is 0.267 e. The minimum Gasteiger partial charge on any atom is -0.268 e. The van der Waals surface area contributed by atoms with Crippen LogP contribution in [0, 0.1) is 0 Å². The molecule has 1 aromatic heterocycles. The van der Waals surface area contributed by atoms with Gasteiger partial charge in [-0.15, -0.1) is 0 Å². The van der Waals surface area contributed by atoms with Crippen LogP contribution in [0.5, 0.6) is 0 Å². The lowest BCUT2D eigenvalue weighted by atomic mass is 9.99. The predicted octanol–water partition coefficient (Wildman–Crippen LogP) is 2.41. The minimum atomic E-state index is -0.0629. The molecule has 1 aromatic rings. The molecular formula is C11H18N2O. The summed E-state index contributed by atoms with van der Waals surface area (Å²) in [6.07, 6.45) is 1.04. The molecule has 0 spiro atoms. The summed E-state index contributed by atoms with van der Waals surface area (Å²) >= 11 is 0. The van der Waals surface area contributed by atoms with Gasteiger partial charge >= 0.3 is 0 Å². The maximum atomic E-state index is 11.4. The number of H-pyrrole nitrogens is 1. The lowest BCUT2D eigenvalue weighted by Gasteiger charge is -2.10. The van der Waals surface area contributed by atoms with Gasteiger partial charge in [0.05, 0.1) is 5.69 Å². The summed E-state index contributed by atoms with van der Waals surface area (Å²) in [6.45, 7) is 8.27. The van der Waals surface area contributed by atoms with Gasteiger partial charge in [0.25, 0.3) is 5.56 Å². The first kappa shape index (κ1) is 11.0. The second kappa shape index (κ2) is 4.40. The summed E-state index contributed by atoms with van der Waals surface area (Å²) < 4.78 is 0. The summed E-state index contributed by atoms with van der Waals surface area (Å²) in [5, 5.41) is 6.61. The zero-order valence-corrected chi connectivity index (χ0v) is 9.29. The molecule has 1 heterocycles. The molecule has 3 nitrogen and oxygen atoms in total. The van der Waals surface area contributed by atoms with Crippen molar-refractivity contribution in [1.82, 2.24) is 10.2 Å². The molecular weight excluding hydrogens is 176 g/mol. The van der Waals surface area contributed by atoms with Crippen LogP contribution in [0.15, 0.2) is 10.9 Å². The van der Waals surface area contributed by atoms with E-state index in [9.17, 15) is 4.79 Å². The van der Waals surface area contributed by atoms with Crippen molar-refractivity contribution in [3.63, 3.8) is 0 Å². The fraction of sp³-hybridized carbons (Fsp3) is 0.636. The van der Waals surface area contributed by atoms with Gasteiger partial charge < -0.3 is 0 Å². The molecule has 1 N–H and O–H groups in total. The average molecular weight is 194 g/mol. The zero-order valence-electron chi connectivity index (χ0n) is 9.29. The van der Waals surface area contributed by atoms with Gasteiger partial charge in [0, 0.05) is 5.56 Å². The highest BCUT2D eigenvalue weighted by Gasteiger charge is 2.10. The molecule has 78 valence electrons. The quantitative estimate of drug-likeness (QED) is 0.803. The van der Waals surface area contributed by atoms with Gasteiger partial charge in [0.1, 0.15) is 0 Å². The zero-order chi connectivity index (χ0) is 10.7. The number of hydrogen-bond donors (Lipinski definition) is 1. The van der Waals surface area contributed by atoms with Crippen LogP contribution in [0.3, 0.4) is 0 Å². The minimum absolute atomic E-state index is 0.0629. The Labute approximate surface area is 84.6 Å². The molecule has 0 aliphatic carbocycles. The van der Waals surface area contributed by atoms with E-state index in [0.29, 0.717) is 5.92 Å². The number of aromatic amines is 1. The molecule has 0 aromatic carbocycles. The summed E-state index contributed by atoms with van der Waals surface area (Å²) in [4.78, 5) is 11.4. The first-order valence-electron chi connectivity index (χ1n) is 5.15. The Morgan fingerprint density at radius 2 is 2.07 bits per heavy atom. The van der Waals surface area contributed by atoms with Crippen LogP contribution in [0.4, 0.5) is 0 Å². The summed E-state index contributed by atoms with van der Waals surface area (Å²) in [5.74, 6) is 0.661. The van der Waals surface area contributed by atoms with E-state index >= 15 is 0 Å². The topological polar surface area (TPSA) is 45.8 Å². The van der Waals surface area contributed by atoms with E-state index < -0.39 is 0 Å². The third-order valence-corrected chi connectivity index (χ3v) is 2.59. The second-order valence-electron chi connectivity index (χ2n) is 4.04. The molecule has 1 rings (SSSR count). The van der Waals surface area contributed by atoms with Gasteiger partial charge in [-0.1, -0.05) is 27.7 Å². The van der Waals surface area contributed by atoms with E-state index in [4.69, 9.17) is 0 Å². The van der Waals surface area contributed by atoms with E-state index in [1.54, 1.807) is 0 Å². The normalized spacial score (nSPS) is 13.2. The fourth-order valence-corrected chi connectivity index (χ4v) is 1.33. The third-order valence-electron chi connectivity index (χ3n) is 2.59. The third kappa shape index (κ3) is 2.22. The van der Waals surface area contributed by atoms with Crippen LogP contribution in [0.2, 0.25) is 0 Å². The Bertz CT molecular complexity index is 355. The molecule has 3 heteroatoms. The van der Waals surface area contributed by atoms with Gasteiger partial charge in [0.2, 0.25) is 0 Å². The molecule has 0 radical (unpaired) electrons. The molecule has 1 unspecified atom stereocenters.